The van der Waals surface area contributed by atoms with Gasteiger partial charge in [0.2, 0.25) is 0 Å². The van der Waals surface area contributed by atoms with Crippen LogP contribution in [0.4, 0.5) is 11.4 Å². The Hall–Kier alpha value is -2.20. The summed E-state index contributed by atoms with van der Waals surface area (Å²) in [5, 5.41) is 0. The van der Waals surface area contributed by atoms with Crippen molar-refractivity contribution in [3.63, 3.8) is 0 Å². The van der Waals surface area contributed by atoms with E-state index in [2.05, 4.69) is 58.0 Å². The number of ether oxygens (including phenoxy) is 1. The van der Waals surface area contributed by atoms with Gasteiger partial charge in [-0.3, -0.25) is 0 Å². The number of rotatable bonds is 5. The van der Waals surface area contributed by atoms with Gasteiger partial charge in [-0.25, -0.2) is 0 Å². The maximum absolute atomic E-state index is 5.90. The number of piperidine rings is 1. The van der Waals surface area contributed by atoms with Gasteiger partial charge in [0.05, 0.1) is 18.0 Å². The van der Waals surface area contributed by atoms with E-state index in [1.165, 1.54) is 68.1 Å². The van der Waals surface area contributed by atoms with E-state index in [0.717, 1.165) is 26.0 Å². The zero-order chi connectivity index (χ0) is 20.1. The molecule has 2 aromatic rings. The predicted molar refractivity (Wildman–Crippen MR) is 123 cm³/mol. The van der Waals surface area contributed by atoms with Crippen molar-refractivity contribution in [1.29, 1.82) is 0 Å². The number of likely N-dealkylation sites (N-methyl/N-ethyl adjacent to an activating group) is 1. The smallest absolute Gasteiger partial charge is 0.125 e. The molecule has 0 bridgehead atoms. The standard InChI is InChI=1S/C26H33N3O/c1-2-28-15-16-29-23-11-14-27(18-22(23)21-9-4-10-24(28)25(21)29)13-5-8-19-6-3-7-20-12-17-30-26(19)20/h3-4,6-7,9-10,22-23H,2,5,8,11-18H2,1H3. The van der Waals surface area contributed by atoms with Crippen molar-refractivity contribution in [2.24, 2.45) is 0 Å². The first-order chi connectivity index (χ1) is 14.8. The molecule has 2 atom stereocenters. The van der Waals surface area contributed by atoms with Crippen molar-refractivity contribution in [3.8, 4) is 5.75 Å². The van der Waals surface area contributed by atoms with E-state index in [9.17, 15) is 0 Å². The second kappa shape index (κ2) is 7.49. The van der Waals surface area contributed by atoms with Crippen molar-refractivity contribution >= 4 is 11.4 Å². The fourth-order valence-corrected chi connectivity index (χ4v) is 6.40. The van der Waals surface area contributed by atoms with E-state index in [0.29, 0.717) is 12.0 Å². The highest BCUT2D eigenvalue weighted by atomic mass is 16.5. The molecule has 0 spiro atoms. The van der Waals surface area contributed by atoms with Gasteiger partial charge in [0.15, 0.2) is 0 Å². The van der Waals surface area contributed by atoms with Crippen LogP contribution in [0.1, 0.15) is 42.4 Å². The summed E-state index contributed by atoms with van der Waals surface area (Å²) < 4.78 is 5.90. The van der Waals surface area contributed by atoms with Gasteiger partial charge in [0.1, 0.15) is 5.75 Å². The highest BCUT2D eigenvalue weighted by Gasteiger charge is 2.44. The number of benzene rings is 2. The van der Waals surface area contributed by atoms with E-state index in [1.807, 2.05) is 0 Å². The fraction of sp³-hybridized carbons (Fsp3) is 0.538. The lowest BCUT2D eigenvalue weighted by atomic mass is 9.89. The minimum atomic E-state index is 0.676. The first-order valence-electron chi connectivity index (χ1n) is 11.9. The largest absolute Gasteiger partial charge is 0.493 e. The molecule has 6 rings (SSSR count). The summed E-state index contributed by atoms with van der Waals surface area (Å²) in [5.41, 5.74) is 7.44. The van der Waals surface area contributed by atoms with Crippen LogP contribution in [0.15, 0.2) is 36.4 Å². The Bertz CT molecular complexity index is 942. The van der Waals surface area contributed by atoms with Gasteiger partial charge in [-0.2, -0.15) is 0 Å². The third kappa shape index (κ3) is 2.91. The quantitative estimate of drug-likeness (QED) is 0.749. The summed E-state index contributed by atoms with van der Waals surface area (Å²) in [5.74, 6) is 1.86. The molecule has 4 nitrogen and oxygen atoms in total. The maximum Gasteiger partial charge on any atom is 0.125 e. The lowest BCUT2D eigenvalue weighted by Crippen LogP contribution is -2.49. The minimum absolute atomic E-state index is 0.676. The van der Waals surface area contributed by atoms with Crippen LogP contribution in [0.2, 0.25) is 0 Å². The van der Waals surface area contributed by atoms with Crippen LogP contribution in [0.25, 0.3) is 0 Å². The summed E-state index contributed by atoms with van der Waals surface area (Å²) >= 11 is 0. The molecule has 4 aliphatic heterocycles. The van der Waals surface area contributed by atoms with Crippen molar-refractivity contribution in [2.75, 3.05) is 55.7 Å². The molecule has 4 aliphatic rings. The SMILES string of the molecule is CCN1CCN2c3c(cccc31)C1CN(CCCc3cccc4c3OCC4)CCC12. The normalized spacial score (nSPS) is 24.4. The third-order valence-corrected chi connectivity index (χ3v) is 7.84. The van der Waals surface area contributed by atoms with Gasteiger partial charge < -0.3 is 19.4 Å². The Morgan fingerprint density at radius 1 is 1.07 bits per heavy atom. The zero-order valence-electron chi connectivity index (χ0n) is 18.1. The van der Waals surface area contributed by atoms with Gasteiger partial charge in [-0.15, -0.1) is 0 Å². The summed E-state index contributed by atoms with van der Waals surface area (Å²) in [7, 11) is 0. The monoisotopic (exact) mass is 403 g/mol. The fourth-order valence-electron chi connectivity index (χ4n) is 6.40. The molecular weight excluding hydrogens is 370 g/mol. The van der Waals surface area contributed by atoms with Gasteiger partial charge in [0, 0.05) is 51.1 Å². The Morgan fingerprint density at radius 3 is 2.93 bits per heavy atom. The molecule has 0 N–H and O–H groups in total. The molecule has 4 heteroatoms. The van der Waals surface area contributed by atoms with Crippen molar-refractivity contribution in [3.05, 3.63) is 53.1 Å². The maximum atomic E-state index is 5.90. The first-order valence-corrected chi connectivity index (χ1v) is 11.9. The van der Waals surface area contributed by atoms with Crippen LogP contribution in [-0.4, -0.2) is 56.8 Å². The molecule has 2 unspecified atom stereocenters. The second-order valence-corrected chi connectivity index (χ2v) is 9.36. The van der Waals surface area contributed by atoms with Gasteiger partial charge >= 0.3 is 0 Å². The number of fused-ring (bicyclic) bond motifs is 4. The first kappa shape index (κ1) is 18.6. The predicted octanol–water partition coefficient (Wildman–Crippen LogP) is 4.07. The summed E-state index contributed by atoms with van der Waals surface area (Å²) in [6.45, 7) is 10.3. The number of hydrogen-bond acceptors (Lipinski definition) is 4. The van der Waals surface area contributed by atoms with Crippen molar-refractivity contribution in [2.45, 2.75) is 44.6 Å². The zero-order valence-corrected chi connectivity index (χ0v) is 18.1. The molecule has 158 valence electrons. The second-order valence-electron chi connectivity index (χ2n) is 9.36. The van der Waals surface area contributed by atoms with Crippen LogP contribution in [0.3, 0.4) is 0 Å². The molecule has 30 heavy (non-hydrogen) atoms. The number of hydrogen-bond donors (Lipinski definition) is 0. The highest BCUT2D eigenvalue weighted by Crippen LogP contribution is 2.50. The number of aryl methyl sites for hydroxylation is 1. The van der Waals surface area contributed by atoms with Crippen molar-refractivity contribution in [1.82, 2.24) is 4.90 Å². The van der Waals surface area contributed by atoms with E-state index in [1.54, 1.807) is 11.3 Å². The van der Waals surface area contributed by atoms with E-state index in [-0.39, 0.29) is 0 Å². The Labute approximate surface area is 180 Å². The molecule has 4 heterocycles. The molecule has 1 saturated heterocycles. The van der Waals surface area contributed by atoms with Gasteiger partial charge in [-0.1, -0.05) is 30.3 Å². The molecule has 0 aliphatic carbocycles. The molecule has 0 saturated carbocycles. The van der Waals surface area contributed by atoms with Crippen LogP contribution >= 0.6 is 0 Å². The number of para-hydroxylation sites is 2. The molecule has 0 amide bonds. The number of anilines is 2. The molecular formula is C26H33N3O. The van der Waals surface area contributed by atoms with Crippen LogP contribution in [0.5, 0.6) is 5.75 Å². The van der Waals surface area contributed by atoms with E-state index in [4.69, 9.17) is 4.74 Å². The summed E-state index contributed by atoms with van der Waals surface area (Å²) in [4.78, 5) is 8.04. The lowest BCUT2D eigenvalue weighted by molar-refractivity contribution is 0.191. The topological polar surface area (TPSA) is 19.0 Å². The van der Waals surface area contributed by atoms with E-state index < -0.39 is 0 Å². The number of nitrogens with zero attached hydrogens (tertiary/aromatic N) is 3. The third-order valence-electron chi connectivity index (χ3n) is 7.84. The Balaban J connectivity index is 1.14. The molecule has 2 aromatic carbocycles. The summed E-state index contributed by atoms with van der Waals surface area (Å²) in [6, 6.07) is 14.4. The minimum Gasteiger partial charge on any atom is -0.493 e. The highest BCUT2D eigenvalue weighted by molar-refractivity contribution is 5.81. The molecule has 1 fully saturated rings. The van der Waals surface area contributed by atoms with Gasteiger partial charge in [0.25, 0.3) is 0 Å². The Morgan fingerprint density at radius 2 is 2.00 bits per heavy atom. The van der Waals surface area contributed by atoms with E-state index >= 15 is 0 Å². The van der Waals surface area contributed by atoms with Gasteiger partial charge in [-0.05, 0) is 55.5 Å². The Kier molecular flexibility index (Phi) is 4.63. The average molecular weight is 404 g/mol. The lowest BCUT2D eigenvalue weighted by Gasteiger charge is -2.42. The average Bonchev–Trinajstić information content (AvgIpc) is 3.39. The van der Waals surface area contributed by atoms with Crippen molar-refractivity contribution < 1.29 is 4.74 Å². The summed E-state index contributed by atoms with van der Waals surface area (Å²) in [6.07, 6.45) is 4.73. The van der Waals surface area contributed by atoms with Crippen LogP contribution in [-0.2, 0) is 12.8 Å². The van der Waals surface area contributed by atoms with Crippen LogP contribution in [0, 0.1) is 0 Å². The number of likely N-dealkylation sites (tertiary alicyclic amines) is 1. The van der Waals surface area contributed by atoms with Crippen LogP contribution < -0.4 is 14.5 Å². The molecule has 0 radical (unpaired) electrons. The molecule has 0 aromatic heterocycles.